The molecule has 1 aliphatic rings. The average Bonchev–Trinajstić information content (AvgIpc) is 2.49. The third kappa shape index (κ3) is 2.18. The Balaban J connectivity index is 1.95. The van der Waals surface area contributed by atoms with Gasteiger partial charge in [-0.15, -0.1) is 0 Å². The molecule has 0 spiro atoms. The Morgan fingerprint density at radius 3 is 2.90 bits per heavy atom. The number of piperidine rings is 1. The Kier molecular flexibility index (Phi) is 3.22. The van der Waals surface area contributed by atoms with Gasteiger partial charge in [-0.25, -0.2) is 0 Å². The normalized spacial score (nSPS) is 19.4. The molecule has 1 aliphatic heterocycles. The third-order valence-electron chi connectivity index (χ3n) is 3.84. The van der Waals surface area contributed by atoms with Crippen LogP contribution in [0.15, 0.2) is 36.5 Å². The number of pyridine rings is 1. The van der Waals surface area contributed by atoms with Crippen LogP contribution in [0, 0.1) is 5.92 Å². The van der Waals surface area contributed by atoms with Gasteiger partial charge in [0.2, 0.25) is 0 Å². The fourth-order valence-electron chi connectivity index (χ4n) is 2.65. The number of Topliss-reactive ketones (excluding diaryl/α,β-unsaturated/α-hetero) is 1. The van der Waals surface area contributed by atoms with Gasteiger partial charge in [0, 0.05) is 37.0 Å². The minimum Gasteiger partial charge on any atom is -0.337 e. The first kappa shape index (κ1) is 12.8. The van der Waals surface area contributed by atoms with E-state index in [1.807, 2.05) is 31.2 Å². The van der Waals surface area contributed by atoms with E-state index < -0.39 is 0 Å². The highest BCUT2D eigenvalue weighted by Crippen LogP contribution is 2.20. The quantitative estimate of drug-likeness (QED) is 0.797. The van der Waals surface area contributed by atoms with Crippen molar-refractivity contribution in [3.05, 3.63) is 42.1 Å². The highest BCUT2D eigenvalue weighted by Gasteiger charge is 2.27. The number of amides is 1. The predicted molar refractivity (Wildman–Crippen MR) is 76.4 cm³/mol. The number of nitrogens with zero attached hydrogens (tertiary/aromatic N) is 2. The van der Waals surface area contributed by atoms with Crippen molar-refractivity contribution in [3.8, 4) is 0 Å². The molecule has 0 N–H and O–H groups in total. The summed E-state index contributed by atoms with van der Waals surface area (Å²) in [5.74, 6) is 0.164. The van der Waals surface area contributed by atoms with E-state index in [1.165, 1.54) is 0 Å². The Morgan fingerprint density at radius 2 is 2.10 bits per heavy atom. The monoisotopic (exact) mass is 268 g/mol. The number of hydrogen-bond donors (Lipinski definition) is 0. The van der Waals surface area contributed by atoms with E-state index in [9.17, 15) is 9.59 Å². The number of carbonyl (C=O) groups excluding carboxylic acids is 2. The molecule has 4 nitrogen and oxygen atoms in total. The maximum Gasteiger partial charge on any atom is 0.254 e. The van der Waals surface area contributed by atoms with Gasteiger partial charge in [0.25, 0.3) is 5.91 Å². The number of hydrogen-bond acceptors (Lipinski definition) is 3. The molecule has 4 heteroatoms. The SMILES string of the molecule is CC1CN(C(=O)c2ccnc3ccccc23)CCC1=O. The summed E-state index contributed by atoms with van der Waals surface area (Å²) >= 11 is 0. The van der Waals surface area contributed by atoms with Crippen LogP contribution in [0.25, 0.3) is 10.9 Å². The molecule has 1 unspecified atom stereocenters. The summed E-state index contributed by atoms with van der Waals surface area (Å²) in [6, 6.07) is 9.38. The molecule has 1 aromatic heterocycles. The van der Waals surface area contributed by atoms with Crippen molar-refractivity contribution in [1.29, 1.82) is 0 Å². The molecule has 1 amide bonds. The number of fused-ring (bicyclic) bond motifs is 1. The fourth-order valence-corrected chi connectivity index (χ4v) is 2.65. The average molecular weight is 268 g/mol. The summed E-state index contributed by atoms with van der Waals surface area (Å²) in [6.07, 6.45) is 2.12. The Morgan fingerprint density at radius 1 is 1.30 bits per heavy atom. The molecule has 0 bridgehead atoms. The lowest BCUT2D eigenvalue weighted by Crippen LogP contribution is -2.43. The molecule has 1 atom stereocenters. The van der Waals surface area contributed by atoms with Crippen molar-refractivity contribution < 1.29 is 9.59 Å². The second kappa shape index (κ2) is 5.04. The van der Waals surface area contributed by atoms with Crippen LogP contribution in [0.4, 0.5) is 0 Å². The van der Waals surface area contributed by atoms with Crippen molar-refractivity contribution in [1.82, 2.24) is 9.88 Å². The zero-order valence-electron chi connectivity index (χ0n) is 11.4. The van der Waals surface area contributed by atoms with Gasteiger partial charge in [0.15, 0.2) is 0 Å². The van der Waals surface area contributed by atoms with Crippen LogP contribution in [0.2, 0.25) is 0 Å². The molecule has 102 valence electrons. The number of likely N-dealkylation sites (tertiary alicyclic amines) is 1. The van der Waals surface area contributed by atoms with Crippen molar-refractivity contribution in [2.45, 2.75) is 13.3 Å². The second-order valence-electron chi connectivity index (χ2n) is 5.24. The lowest BCUT2D eigenvalue weighted by Gasteiger charge is -2.30. The van der Waals surface area contributed by atoms with E-state index in [2.05, 4.69) is 4.98 Å². The largest absolute Gasteiger partial charge is 0.337 e. The maximum atomic E-state index is 12.7. The molecule has 2 heterocycles. The van der Waals surface area contributed by atoms with Crippen LogP contribution in [0.3, 0.4) is 0 Å². The van der Waals surface area contributed by atoms with Crippen molar-refractivity contribution >= 4 is 22.6 Å². The van der Waals surface area contributed by atoms with Crippen molar-refractivity contribution in [2.24, 2.45) is 5.92 Å². The van der Waals surface area contributed by atoms with Crippen LogP contribution in [-0.2, 0) is 4.79 Å². The van der Waals surface area contributed by atoms with E-state index in [0.29, 0.717) is 25.1 Å². The molecule has 20 heavy (non-hydrogen) atoms. The summed E-state index contributed by atoms with van der Waals surface area (Å²) in [7, 11) is 0. The minimum absolute atomic E-state index is 0.0112. The van der Waals surface area contributed by atoms with Gasteiger partial charge in [-0.2, -0.15) is 0 Å². The first-order chi connectivity index (χ1) is 9.66. The first-order valence-electron chi connectivity index (χ1n) is 6.82. The summed E-state index contributed by atoms with van der Waals surface area (Å²) in [6.45, 7) is 2.90. The number of rotatable bonds is 1. The van der Waals surface area contributed by atoms with Crippen molar-refractivity contribution in [2.75, 3.05) is 13.1 Å². The number of ketones is 1. The molecular formula is C16H16N2O2. The Labute approximate surface area is 117 Å². The van der Waals surface area contributed by atoms with Crippen LogP contribution >= 0.6 is 0 Å². The molecule has 0 radical (unpaired) electrons. The van der Waals surface area contributed by atoms with Crippen LogP contribution in [-0.4, -0.2) is 34.7 Å². The van der Waals surface area contributed by atoms with E-state index in [-0.39, 0.29) is 17.6 Å². The first-order valence-corrected chi connectivity index (χ1v) is 6.82. The number of benzene rings is 1. The fraction of sp³-hybridized carbons (Fsp3) is 0.312. The Hall–Kier alpha value is -2.23. The van der Waals surface area contributed by atoms with Gasteiger partial charge in [0.05, 0.1) is 11.1 Å². The number of para-hydroxylation sites is 1. The van der Waals surface area contributed by atoms with E-state index >= 15 is 0 Å². The van der Waals surface area contributed by atoms with Gasteiger partial charge < -0.3 is 4.90 Å². The topological polar surface area (TPSA) is 50.3 Å². The highest BCUT2D eigenvalue weighted by molar-refractivity contribution is 6.06. The third-order valence-corrected chi connectivity index (χ3v) is 3.84. The second-order valence-corrected chi connectivity index (χ2v) is 5.24. The lowest BCUT2D eigenvalue weighted by molar-refractivity contribution is -0.124. The minimum atomic E-state index is -0.0687. The van der Waals surface area contributed by atoms with Gasteiger partial charge in [-0.1, -0.05) is 25.1 Å². The molecule has 0 aliphatic carbocycles. The standard InChI is InChI=1S/C16H16N2O2/c1-11-10-18(9-7-15(11)19)16(20)13-6-8-17-14-5-3-2-4-12(13)14/h2-6,8,11H,7,9-10H2,1H3. The van der Waals surface area contributed by atoms with Crippen LogP contribution < -0.4 is 0 Å². The zero-order valence-corrected chi connectivity index (χ0v) is 11.4. The highest BCUT2D eigenvalue weighted by atomic mass is 16.2. The number of aromatic nitrogens is 1. The van der Waals surface area contributed by atoms with E-state index in [0.717, 1.165) is 10.9 Å². The molecule has 1 saturated heterocycles. The Bertz CT molecular complexity index is 676. The molecular weight excluding hydrogens is 252 g/mol. The summed E-state index contributed by atoms with van der Waals surface area (Å²) in [5.41, 5.74) is 1.48. The van der Waals surface area contributed by atoms with Crippen LogP contribution in [0.5, 0.6) is 0 Å². The van der Waals surface area contributed by atoms with Gasteiger partial charge in [-0.3, -0.25) is 14.6 Å². The van der Waals surface area contributed by atoms with E-state index in [4.69, 9.17) is 0 Å². The molecule has 3 rings (SSSR count). The molecule has 1 aromatic carbocycles. The number of carbonyl (C=O) groups is 2. The summed E-state index contributed by atoms with van der Waals surface area (Å²) in [5, 5.41) is 0.865. The van der Waals surface area contributed by atoms with Gasteiger partial charge in [-0.05, 0) is 12.1 Å². The van der Waals surface area contributed by atoms with Gasteiger partial charge in [0.1, 0.15) is 5.78 Å². The smallest absolute Gasteiger partial charge is 0.254 e. The molecule has 2 aromatic rings. The molecule has 1 fully saturated rings. The molecule has 0 saturated carbocycles. The lowest BCUT2D eigenvalue weighted by atomic mass is 9.97. The van der Waals surface area contributed by atoms with Crippen molar-refractivity contribution in [3.63, 3.8) is 0 Å². The summed E-state index contributed by atoms with van der Waals surface area (Å²) in [4.78, 5) is 30.3. The van der Waals surface area contributed by atoms with Gasteiger partial charge >= 0.3 is 0 Å². The van der Waals surface area contributed by atoms with E-state index in [1.54, 1.807) is 17.2 Å². The summed E-state index contributed by atoms with van der Waals surface area (Å²) < 4.78 is 0. The predicted octanol–water partition coefficient (Wildman–Crippen LogP) is 2.29. The zero-order chi connectivity index (χ0) is 14.1. The maximum absolute atomic E-state index is 12.7. The van der Waals surface area contributed by atoms with Crippen LogP contribution in [0.1, 0.15) is 23.7 Å².